The Morgan fingerprint density at radius 2 is 2.23 bits per heavy atom. The first kappa shape index (κ1) is 8.04. The lowest BCUT2D eigenvalue weighted by molar-refractivity contribution is -0.138. The predicted octanol–water partition coefficient (Wildman–Crippen LogP) is 0.918. The smallest absolute Gasteiger partial charge is 0.307 e. The van der Waals surface area contributed by atoms with Gasteiger partial charge in [-0.05, 0) is 18.6 Å². The van der Waals surface area contributed by atoms with E-state index in [1.54, 1.807) is 18.3 Å². The minimum absolute atomic E-state index is 0.0857. The second-order valence-electron chi connectivity index (χ2n) is 3.23. The van der Waals surface area contributed by atoms with E-state index in [0.29, 0.717) is 12.1 Å². The summed E-state index contributed by atoms with van der Waals surface area (Å²) >= 11 is 0. The summed E-state index contributed by atoms with van der Waals surface area (Å²) in [6.45, 7) is 0. The van der Waals surface area contributed by atoms with E-state index >= 15 is 0 Å². The van der Waals surface area contributed by atoms with E-state index in [4.69, 9.17) is 5.11 Å². The van der Waals surface area contributed by atoms with Gasteiger partial charge in [-0.2, -0.15) is 0 Å². The topological polar surface area (TPSA) is 70.2 Å². The molecule has 0 bridgehead atoms. The normalized spacial score (nSPS) is 25.5. The summed E-state index contributed by atoms with van der Waals surface area (Å²) in [6, 6.07) is 3.39. The Morgan fingerprint density at radius 3 is 2.69 bits per heavy atom. The standard InChI is InChI=1S/C9H9NO3/c11-8(7-2-1-3-10-7)5-4-6(5)9(12)13/h1-3,5-6,10H,4H2,(H,12,13). The first-order valence-corrected chi connectivity index (χ1v) is 4.10. The number of ketones is 1. The van der Waals surface area contributed by atoms with Crippen LogP contribution in [0.5, 0.6) is 0 Å². The Kier molecular flexibility index (Phi) is 1.69. The van der Waals surface area contributed by atoms with E-state index in [0.717, 1.165) is 0 Å². The van der Waals surface area contributed by atoms with Gasteiger partial charge in [-0.3, -0.25) is 9.59 Å². The number of H-pyrrole nitrogens is 1. The highest BCUT2D eigenvalue weighted by Gasteiger charge is 2.48. The van der Waals surface area contributed by atoms with Gasteiger partial charge in [-0.1, -0.05) is 0 Å². The van der Waals surface area contributed by atoms with Crippen molar-refractivity contribution in [1.29, 1.82) is 0 Å². The van der Waals surface area contributed by atoms with Crippen LogP contribution in [-0.2, 0) is 4.79 Å². The molecule has 0 aromatic carbocycles. The lowest BCUT2D eigenvalue weighted by Gasteiger charge is -1.93. The van der Waals surface area contributed by atoms with E-state index in [2.05, 4.69) is 4.98 Å². The van der Waals surface area contributed by atoms with Crippen LogP contribution in [0.15, 0.2) is 18.3 Å². The Labute approximate surface area is 74.6 Å². The quantitative estimate of drug-likeness (QED) is 0.678. The fourth-order valence-corrected chi connectivity index (χ4v) is 1.44. The highest BCUT2D eigenvalue weighted by atomic mass is 16.4. The molecule has 0 spiro atoms. The van der Waals surface area contributed by atoms with Gasteiger partial charge in [-0.25, -0.2) is 0 Å². The van der Waals surface area contributed by atoms with Crippen LogP contribution in [-0.4, -0.2) is 21.8 Å². The number of carbonyl (C=O) groups excluding carboxylic acids is 1. The zero-order valence-electron chi connectivity index (χ0n) is 6.86. The highest BCUT2D eigenvalue weighted by molar-refractivity contribution is 6.01. The number of carboxylic acids is 1. The molecule has 2 unspecified atom stereocenters. The molecule has 4 heteroatoms. The second kappa shape index (κ2) is 2.73. The van der Waals surface area contributed by atoms with Crippen molar-refractivity contribution >= 4 is 11.8 Å². The van der Waals surface area contributed by atoms with Crippen molar-refractivity contribution in [2.75, 3.05) is 0 Å². The molecule has 68 valence electrons. The number of aliphatic carboxylic acids is 1. The SMILES string of the molecule is O=C(O)C1CC1C(=O)c1ccc[nH]1. The second-order valence-corrected chi connectivity index (χ2v) is 3.23. The van der Waals surface area contributed by atoms with E-state index in [9.17, 15) is 9.59 Å². The fraction of sp³-hybridized carbons (Fsp3) is 0.333. The molecular weight excluding hydrogens is 170 g/mol. The lowest BCUT2D eigenvalue weighted by Crippen LogP contribution is -2.08. The van der Waals surface area contributed by atoms with Crippen LogP contribution in [0.25, 0.3) is 0 Å². The van der Waals surface area contributed by atoms with Crippen LogP contribution in [0.3, 0.4) is 0 Å². The molecule has 1 aliphatic carbocycles. The first-order valence-electron chi connectivity index (χ1n) is 4.10. The molecule has 0 saturated heterocycles. The molecule has 2 N–H and O–H groups in total. The molecule has 2 atom stereocenters. The van der Waals surface area contributed by atoms with Crippen LogP contribution >= 0.6 is 0 Å². The summed E-state index contributed by atoms with van der Waals surface area (Å²) in [5.41, 5.74) is 0.508. The third-order valence-electron chi connectivity index (χ3n) is 2.31. The summed E-state index contributed by atoms with van der Waals surface area (Å²) in [7, 11) is 0. The Hall–Kier alpha value is -1.58. The van der Waals surface area contributed by atoms with Gasteiger partial charge in [0.15, 0.2) is 5.78 Å². The van der Waals surface area contributed by atoms with Crippen molar-refractivity contribution in [2.24, 2.45) is 11.8 Å². The fourth-order valence-electron chi connectivity index (χ4n) is 1.44. The van der Waals surface area contributed by atoms with E-state index in [-0.39, 0.29) is 11.7 Å². The van der Waals surface area contributed by atoms with Crippen LogP contribution in [0, 0.1) is 11.8 Å². The van der Waals surface area contributed by atoms with Crippen molar-refractivity contribution in [3.8, 4) is 0 Å². The van der Waals surface area contributed by atoms with Gasteiger partial charge in [0.2, 0.25) is 0 Å². The third-order valence-corrected chi connectivity index (χ3v) is 2.31. The molecule has 0 radical (unpaired) electrons. The average molecular weight is 179 g/mol. The number of carboxylic acid groups (broad SMARTS) is 1. The number of carbonyl (C=O) groups is 2. The molecule has 0 amide bonds. The van der Waals surface area contributed by atoms with Crippen molar-refractivity contribution in [3.63, 3.8) is 0 Å². The minimum atomic E-state index is -0.870. The maximum absolute atomic E-state index is 11.5. The molecule has 13 heavy (non-hydrogen) atoms. The van der Waals surface area contributed by atoms with Crippen LogP contribution in [0.2, 0.25) is 0 Å². The zero-order chi connectivity index (χ0) is 9.42. The predicted molar refractivity (Wildman–Crippen MR) is 44.4 cm³/mol. The number of hydrogen-bond donors (Lipinski definition) is 2. The maximum atomic E-state index is 11.5. The first-order chi connectivity index (χ1) is 6.20. The van der Waals surface area contributed by atoms with Gasteiger partial charge >= 0.3 is 5.97 Å². The number of hydrogen-bond acceptors (Lipinski definition) is 2. The monoisotopic (exact) mass is 179 g/mol. The van der Waals surface area contributed by atoms with Gasteiger partial charge in [0, 0.05) is 12.1 Å². The van der Waals surface area contributed by atoms with Crippen LogP contribution in [0.4, 0.5) is 0 Å². The summed E-state index contributed by atoms with van der Waals surface area (Å²) in [6.07, 6.45) is 2.14. The molecule has 1 fully saturated rings. The minimum Gasteiger partial charge on any atom is -0.481 e. The molecule has 0 aliphatic heterocycles. The largest absolute Gasteiger partial charge is 0.481 e. The highest BCUT2D eigenvalue weighted by Crippen LogP contribution is 2.40. The molecule has 1 aliphatic rings. The van der Waals surface area contributed by atoms with Crippen molar-refractivity contribution < 1.29 is 14.7 Å². The van der Waals surface area contributed by atoms with Gasteiger partial charge in [-0.15, -0.1) is 0 Å². The van der Waals surface area contributed by atoms with Crippen molar-refractivity contribution in [3.05, 3.63) is 24.0 Å². The maximum Gasteiger partial charge on any atom is 0.307 e. The van der Waals surface area contributed by atoms with Crippen molar-refractivity contribution in [1.82, 2.24) is 4.98 Å². The van der Waals surface area contributed by atoms with E-state index in [1.165, 1.54) is 0 Å². The van der Waals surface area contributed by atoms with Crippen LogP contribution < -0.4 is 0 Å². The summed E-state index contributed by atoms with van der Waals surface area (Å²) < 4.78 is 0. The van der Waals surface area contributed by atoms with Gasteiger partial charge in [0.1, 0.15) is 0 Å². The van der Waals surface area contributed by atoms with Crippen LogP contribution in [0.1, 0.15) is 16.9 Å². The molecule has 2 rings (SSSR count). The van der Waals surface area contributed by atoms with Gasteiger partial charge in [0.25, 0.3) is 0 Å². The molecule has 4 nitrogen and oxygen atoms in total. The Balaban J connectivity index is 2.06. The summed E-state index contributed by atoms with van der Waals surface area (Å²) in [4.78, 5) is 24.7. The number of rotatable bonds is 3. The molecule has 1 saturated carbocycles. The molecule has 1 aromatic rings. The number of Topliss-reactive ketones (excluding diaryl/α,β-unsaturated/α-hetero) is 1. The number of aromatic nitrogens is 1. The van der Waals surface area contributed by atoms with Gasteiger partial charge in [0.05, 0.1) is 11.6 Å². The van der Waals surface area contributed by atoms with Crippen molar-refractivity contribution in [2.45, 2.75) is 6.42 Å². The summed E-state index contributed by atoms with van der Waals surface area (Å²) in [5.74, 6) is -1.73. The van der Waals surface area contributed by atoms with E-state index in [1.807, 2.05) is 0 Å². The summed E-state index contributed by atoms with van der Waals surface area (Å²) in [5, 5.41) is 8.61. The molecule has 1 aromatic heterocycles. The van der Waals surface area contributed by atoms with E-state index < -0.39 is 11.9 Å². The Bertz CT molecular complexity index is 342. The third kappa shape index (κ3) is 1.35. The lowest BCUT2D eigenvalue weighted by atomic mass is 10.1. The average Bonchev–Trinajstić information content (AvgIpc) is 2.72. The number of aromatic amines is 1. The van der Waals surface area contributed by atoms with Gasteiger partial charge < -0.3 is 10.1 Å². The molecular formula is C9H9NO3. The zero-order valence-corrected chi connectivity index (χ0v) is 6.86. The number of nitrogens with one attached hydrogen (secondary N) is 1. The Morgan fingerprint density at radius 1 is 1.46 bits per heavy atom. The molecule has 1 heterocycles.